The van der Waals surface area contributed by atoms with Crippen molar-refractivity contribution in [1.29, 1.82) is 0 Å². The summed E-state index contributed by atoms with van der Waals surface area (Å²) in [6.45, 7) is -0.106. The van der Waals surface area contributed by atoms with Crippen molar-refractivity contribution < 1.29 is 18.3 Å². The van der Waals surface area contributed by atoms with E-state index in [2.05, 4.69) is 10.3 Å². The maximum Gasteiger partial charge on any atom is 0.244 e. The minimum absolute atomic E-state index is 0.106. The third-order valence-corrected chi connectivity index (χ3v) is 3.71. The SMILES string of the molecule is COc1ccc(NC(=O)Cn2cnc3cc(F)c(F)cc32)cc1Cl. The molecule has 0 aliphatic heterocycles. The molecule has 24 heavy (non-hydrogen) atoms. The lowest BCUT2D eigenvalue weighted by molar-refractivity contribution is -0.116. The molecule has 3 aromatic rings. The van der Waals surface area contributed by atoms with Gasteiger partial charge in [0.1, 0.15) is 12.3 Å². The zero-order chi connectivity index (χ0) is 17.3. The summed E-state index contributed by atoms with van der Waals surface area (Å²) < 4.78 is 33.0. The highest BCUT2D eigenvalue weighted by Gasteiger charge is 2.12. The van der Waals surface area contributed by atoms with Crippen LogP contribution in [0.4, 0.5) is 14.5 Å². The number of hydrogen-bond acceptors (Lipinski definition) is 3. The van der Waals surface area contributed by atoms with Gasteiger partial charge in [0.05, 0.1) is 29.5 Å². The van der Waals surface area contributed by atoms with Crippen molar-refractivity contribution in [3.8, 4) is 5.75 Å². The van der Waals surface area contributed by atoms with Gasteiger partial charge in [-0.3, -0.25) is 4.79 Å². The number of hydrogen-bond donors (Lipinski definition) is 1. The normalized spacial score (nSPS) is 10.8. The van der Waals surface area contributed by atoms with Crippen LogP contribution in [0.15, 0.2) is 36.7 Å². The van der Waals surface area contributed by atoms with Crippen LogP contribution in [-0.2, 0) is 11.3 Å². The molecule has 2 aromatic carbocycles. The van der Waals surface area contributed by atoms with Crippen molar-refractivity contribution in [2.45, 2.75) is 6.54 Å². The lowest BCUT2D eigenvalue weighted by Crippen LogP contribution is -2.18. The van der Waals surface area contributed by atoms with Crippen LogP contribution in [0.5, 0.6) is 5.75 Å². The molecule has 0 bridgehead atoms. The first kappa shape index (κ1) is 16.2. The lowest BCUT2D eigenvalue weighted by atomic mass is 10.3. The smallest absolute Gasteiger partial charge is 0.244 e. The topological polar surface area (TPSA) is 56.1 Å². The molecule has 5 nitrogen and oxygen atoms in total. The first-order chi connectivity index (χ1) is 11.5. The molecule has 0 fully saturated rings. The largest absolute Gasteiger partial charge is 0.495 e. The molecule has 0 aliphatic carbocycles. The summed E-state index contributed by atoms with van der Waals surface area (Å²) in [5, 5.41) is 3.03. The highest BCUT2D eigenvalue weighted by molar-refractivity contribution is 6.32. The number of fused-ring (bicyclic) bond motifs is 1. The van der Waals surface area contributed by atoms with Crippen molar-refractivity contribution in [3.05, 3.63) is 53.3 Å². The minimum atomic E-state index is -0.994. The predicted octanol–water partition coefficient (Wildman–Crippen LogP) is 3.62. The van der Waals surface area contributed by atoms with Crippen LogP contribution < -0.4 is 10.1 Å². The highest BCUT2D eigenvalue weighted by Crippen LogP contribution is 2.27. The van der Waals surface area contributed by atoms with Crippen molar-refractivity contribution in [1.82, 2.24) is 9.55 Å². The van der Waals surface area contributed by atoms with Gasteiger partial charge in [0, 0.05) is 17.8 Å². The molecule has 1 heterocycles. The Bertz CT molecular complexity index is 927. The Morgan fingerprint density at radius 2 is 2.04 bits per heavy atom. The summed E-state index contributed by atoms with van der Waals surface area (Å²) in [5.41, 5.74) is 1.10. The standard InChI is InChI=1S/C16H12ClF2N3O2/c1-24-15-3-2-9(4-10(15)17)21-16(23)7-22-8-20-13-5-11(18)12(19)6-14(13)22/h2-6,8H,7H2,1H3,(H,21,23). The number of ether oxygens (including phenoxy) is 1. The van der Waals surface area contributed by atoms with E-state index >= 15 is 0 Å². The number of rotatable bonds is 4. The molecular weight excluding hydrogens is 340 g/mol. The zero-order valence-electron chi connectivity index (χ0n) is 12.5. The molecule has 0 unspecified atom stereocenters. The predicted molar refractivity (Wildman–Crippen MR) is 86.3 cm³/mol. The Balaban J connectivity index is 1.78. The maximum absolute atomic E-state index is 13.4. The van der Waals surface area contributed by atoms with Crippen molar-refractivity contribution >= 4 is 34.2 Å². The first-order valence-corrected chi connectivity index (χ1v) is 7.29. The molecule has 124 valence electrons. The Kier molecular flexibility index (Phi) is 4.35. The van der Waals surface area contributed by atoms with Crippen LogP contribution in [-0.4, -0.2) is 22.6 Å². The Labute approximate surface area is 140 Å². The molecule has 1 aromatic heterocycles. The van der Waals surface area contributed by atoms with Gasteiger partial charge < -0.3 is 14.6 Å². The van der Waals surface area contributed by atoms with E-state index in [4.69, 9.17) is 16.3 Å². The third kappa shape index (κ3) is 3.16. The van der Waals surface area contributed by atoms with Crippen LogP contribution in [0.2, 0.25) is 5.02 Å². The fourth-order valence-electron chi connectivity index (χ4n) is 2.28. The van der Waals surface area contributed by atoms with E-state index < -0.39 is 11.6 Å². The molecule has 0 aliphatic rings. The van der Waals surface area contributed by atoms with Crippen LogP contribution in [0.1, 0.15) is 0 Å². The number of anilines is 1. The van der Waals surface area contributed by atoms with Crippen LogP contribution >= 0.6 is 11.6 Å². The fourth-order valence-corrected chi connectivity index (χ4v) is 2.54. The maximum atomic E-state index is 13.4. The average molecular weight is 352 g/mol. The van der Waals surface area contributed by atoms with Gasteiger partial charge in [-0.15, -0.1) is 0 Å². The van der Waals surface area contributed by atoms with Gasteiger partial charge in [0.15, 0.2) is 11.6 Å². The quantitative estimate of drug-likeness (QED) is 0.781. The molecule has 0 saturated heterocycles. The second-order valence-electron chi connectivity index (χ2n) is 5.03. The number of benzene rings is 2. The number of carbonyl (C=O) groups is 1. The number of nitrogens with one attached hydrogen (secondary N) is 1. The fraction of sp³-hybridized carbons (Fsp3) is 0.125. The lowest BCUT2D eigenvalue weighted by Gasteiger charge is -2.09. The molecule has 1 N–H and O–H groups in total. The van der Waals surface area contributed by atoms with E-state index in [1.807, 2.05) is 0 Å². The first-order valence-electron chi connectivity index (χ1n) is 6.91. The summed E-state index contributed by atoms with van der Waals surface area (Å²) in [6, 6.07) is 6.82. The van der Waals surface area contributed by atoms with E-state index in [1.165, 1.54) is 18.0 Å². The van der Waals surface area contributed by atoms with Gasteiger partial charge in [0.2, 0.25) is 5.91 Å². The number of nitrogens with zero attached hydrogens (tertiary/aromatic N) is 2. The summed E-state index contributed by atoms with van der Waals surface area (Å²) in [6.07, 6.45) is 1.35. The monoisotopic (exact) mass is 351 g/mol. The van der Waals surface area contributed by atoms with Crippen molar-refractivity contribution in [2.24, 2.45) is 0 Å². The van der Waals surface area contributed by atoms with Gasteiger partial charge in [-0.1, -0.05) is 11.6 Å². The molecule has 8 heteroatoms. The summed E-state index contributed by atoms with van der Waals surface area (Å²) in [4.78, 5) is 16.1. The second-order valence-corrected chi connectivity index (χ2v) is 5.43. The molecular formula is C16H12ClF2N3O2. The Morgan fingerprint density at radius 1 is 1.29 bits per heavy atom. The molecule has 0 spiro atoms. The summed E-state index contributed by atoms with van der Waals surface area (Å²) >= 11 is 6.00. The van der Waals surface area contributed by atoms with Crippen LogP contribution in [0, 0.1) is 11.6 Å². The van der Waals surface area contributed by atoms with Crippen LogP contribution in [0.3, 0.4) is 0 Å². The highest BCUT2D eigenvalue weighted by atomic mass is 35.5. The van der Waals surface area contributed by atoms with E-state index in [0.717, 1.165) is 12.1 Å². The van der Waals surface area contributed by atoms with Gasteiger partial charge in [0.25, 0.3) is 0 Å². The van der Waals surface area contributed by atoms with Gasteiger partial charge in [-0.2, -0.15) is 0 Å². The number of methoxy groups -OCH3 is 1. The molecule has 0 saturated carbocycles. The van der Waals surface area contributed by atoms with Crippen molar-refractivity contribution in [3.63, 3.8) is 0 Å². The van der Waals surface area contributed by atoms with Crippen LogP contribution in [0.25, 0.3) is 11.0 Å². The third-order valence-electron chi connectivity index (χ3n) is 3.41. The number of amides is 1. The van der Waals surface area contributed by atoms with Crippen molar-refractivity contribution in [2.75, 3.05) is 12.4 Å². The summed E-state index contributed by atoms with van der Waals surface area (Å²) in [7, 11) is 1.49. The number of halogens is 3. The van der Waals surface area contributed by atoms with E-state index in [1.54, 1.807) is 18.2 Å². The van der Waals surface area contributed by atoms with E-state index in [9.17, 15) is 13.6 Å². The zero-order valence-corrected chi connectivity index (χ0v) is 13.3. The summed E-state index contributed by atoms with van der Waals surface area (Å²) in [5.74, 6) is -1.84. The number of imidazole rings is 1. The molecule has 3 rings (SSSR count). The molecule has 1 amide bonds. The average Bonchev–Trinajstić information content (AvgIpc) is 2.90. The van der Waals surface area contributed by atoms with Gasteiger partial charge >= 0.3 is 0 Å². The molecule has 0 radical (unpaired) electrons. The molecule has 0 atom stereocenters. The van der Waals surface area contributed by atoms with Gasteiger partial charge in [-0.25, -0.2) is 13.8 Å². The second kappa shape index (κ2) is 6.45. The Morgan fingerprint density at radius 3 is 2.75 bits per heavy atom. The van der Waals surface area contributed by atoms with E-state index in [0.29, 0.717) is 22.0 Å². The van der Waals surface area contributed by atoms with E-state index in [-0.39, 0.29) is 18.0 Å². The number of carbonyl (C=O) groups excluding carboxylic acids is 1. The van der Waals surface area contributed by atoms with Gasteiger partial charge in [-0.05, 0) is 18.2 Å². The Hall–Kier alpha value is -2.67. The number of aromatic nitrogens is 2. The minimum Gasteiger partial charge on any atom is -0.495 e.